The van der Waals surface area contributed by atoms with Crippen LogP contribution in [0.3, 0.4) is 0 Å². The first-order valence-corrected chi connectivity index (χ1v) is 9.62. The molecule has 0 radical (unpaired) electrons. The number of anilines is 1. The molecule has 0 aliphatic carbocycles. The Morgan fingerprint density at radius 2 is 1.70 bits per heavy atom. The van der Waals surface area contributed by atoms with E-state index >= 15 is 0 Å². The molecule has 0 amide bonds. The summed E-state index contributed by atoms with van der Waals surface area (Å²) in [6, 6.07) is 7.80. The molecule has 0 atom stereocenters. The minimum atomic E-state index is -3.84. The highest BCUT2D eigenvalue weighted by atomic mass is 79.9. The summed E-state index contributed by atoms with van der Waals surface area (Å²) in [5.74, 6) is 0.615. The van der Waals surface area contributed by atoms with Crippen molar-refractivity contribution >= 4 is 59.2 Å². The molecule has 5 nitrogen and oxygen atoms in total. The number of hydrogen-bond acceptors (Lipinski definition) is 4. The predicted molar refractivity (Wildman–Crippen MR) is 97.2 cm³/mol. The Morgan fingerprint density at radius 1 is 1.04 bits per heavy atom. The minimum absolute atomic E-state index is 0.0860. The van der Waals surface area contributed by atoms with Crippen LogP contribution in [0.2, 0.25) is 5.02 Å². The molecule has 0 aliphatic heterocycles. The molecule has 1 N–H and O–H groups in total. The minimum Gasteiger partial charge on any atom is -0.495 e. The highest BCUT2D eigenvalue weighted by Crippen LogP contribution is 2.37. The maximum atomic E-state index is 12.6. The van der Waals surface area contributed by atoms with Crippen LogP contribution in [0, 0.1) is 0 Å². The van der Waals surface area contributed by atoms with Crippen molar-refractivity contribution in [3.63, 3.8) is 0 Å². The van der Waals surface area contributed by atoms with Crippen molar-refractivity contribution in [1.29, 1.82) is 0 Å². The Kier molecular flexibility index (Phi) is 5.83. The second-order valence-electron chi connectivity index (χ2n) is 4.37. The monoisotopic (exact) mass is 483 g/mol. The summed E-state index contributed by atoms with van der Waals surface area (Å²) in [4.78, 5) is 0.0860. The van der Waals surface area contributed by atoms with Crippen LogP contribution in [-0.2, 0) is 10.0 Å². The number of hydrogen-bond donors (Lipinski definition) is 1. The molecule has 0 aromatic heterocycles. The molecule has 0 saturated carbocycles. The average molecular weight is 486 g/mol. The van der Waals surface area contributed by atoms with Crippen LogP contribution in [0.4, 0.5) is 5.69 Å². The summed E-state index contributed by atoms with van der Waals surface area (Å²) in [6.07, 6.45) is 0. The van der Waals surface area contributed by atoms with E-state index in [0.717, 1.165) is 0 Å². The van der Waals surface area contributed by atoms with Crippen molar-refractivity contribution in [3.8, 4) is 11.5 Å². The van der Waals surface area contributed by atoms with Crippen LogP contribution in [0.5, 0.6) is 11.5 Å². The number of methoxy groups -OCH3 is 2. The highest BCUT2D eigenvalue weighted by molar-refractivity contribution is 9.11. The molecule has 0 bridgehead atoms. The first kappa shape index (κ1) is 18.4. The van der Waals surface area contributed by atoms with Gasteiger partial charge in [0.25, 0.3) is 10.0 Å². The van der Waals surface area contributed by atoms with Crippen molar-refractivity contribution in [1.82, 2.24) is 0 Å². The van der Waals surface area contributed by atoms with Crippen LogP contribution >= 0.6 is 43.5 Å². The number of benzene rings is 2. The van der Waals surface area contributed by atoms with Crippen molar-refractivity contribution in [2.24, 2.45) is 0 Å². The van der Waals surface area contributed by atoms with Crippen molar-refractivity contribution < 1.29 is 17.9 Å². The quantitative estimate of drug-likeness (QED) is 0.668. The van der Waals surface area contributed by atoms with Crippen LogP contribution in [0.15, 0.2) is 44.2 Å². The van der Waals surface area contributed by atoms with E-state index in [1.54, 1.807) is 12.1 Å². The van der Waals surface area contributed by atoms with Crippen LogP contribution in [-0.4, -0.2) is 22.6 Å². The lowest BCUT2D eigenvalue weighted by Gasteiger charge is -2.15. The van der Waals surface area contributed by atoms with Crippen LogP contribution in [0.1, 0.15) is 0 Å². The molecule has 0 unspecified atom stereocenters. The fourth-order valence-corrected chi connectivity index (χ4v) is 4.62. The molecule has 23 heavy (non-hydrogen) atoms. The van der Waals surface area contributed by atoms with E-state index < -0.39 is 10.0 Å². The summed E-state index contributed by atoms with van der Waals surface area (Å²) in [5.41, 5.74) is 0.223. The zero-order chi connectivity index (χ0) is 17.2. The normalized spacial score (nSPS) is 11.2. The zero-order valence-electron chi connectivity index (χ0n) is 12.1. The smallest absolute Gasteiger partial charge is 0.263 e. The van der Waals surface area contributed by atoms with Gasteiger partial charge >= 0.3 is 0 Å². The number of halogens is 3. The van der Waals surface area contributed by atoms with Gasteiger partial charge in [-0.3, -0.25) is 4.72 Å². The van der Waals surface area contributed by atoms with Gasteiger partial charge in [-0.05, 0) is 34.1 Å². The Hall–Kier alpha value is -0.960. The number of rotatable bonds is 5. The SMILES string of the molecule is COc1cc(NS(=O)(=O)c2cc(Br)ccc2Br)c(OC)cc1Cl. The maximum absolute atomic E-state index is 12.6. The Bertz CT molecular complexity index is 843. The third-order valence-corrected chi connectivity index (χ3v) is 6.05. The van der Waals surface area contributed by atoms with Gasteiger partial charge in [-0.25, -0.2) is 8.42 Å². The standard InChI is InChI=1S/C14H12Br2ClNO4S/c1-21-12-7-11(13(22-2)6-10(12)17)18-23(19,20)14-5-8(15)3-4-9(14)16/h3-7,18H,1-2H3. The molecule has 9 heteroatoms. The molecule has 2 rings (SSSR count). The fraction of sp³-hybridized carbons (Fsp3) is 0.143. The summed E-state index contributed by atoms with van der Waals surface area (Å²) in [5, 5.41) is 0.316. The van der Waals surface area contributed by atoms with Gasteiger partial charge in [-0.1, -0.05) is 27.5 Å². The van der Waals surface area contributed by atoms with Crippen molar-refractivity contribution in [2.45, 2.75) is 4.90 Å². The van der Waals surface area contributed by atoms with Crippen LogP contribution < -0.4 is 14.2 Å². The number of ether oxygens (including phenoxy) is 2. The molecule has 2 aromatic rings. The van der Waals surface area contributed by atoms with Gasteiger partial charge in [0.05, 0.1) is 24.9 Å². The van der Waals surface area contributed by atoms with Crippen molar-refractivity contribution in [2.75, 3.05) is 18.9 Å². The molecular formula is C14H12Br2ClNO4S. The Balaban J connectivity index is 2.50. The van der Waals surface area contributed by atoms with Crippen molar-refractivity contribution in [3.05, 3.63) is 44.3 Å². The number of sulfonamides is 1. The number of nitrogens with one attached hydrogen (secondary N) is 1. The van der Waals surface area contributed by atoms with E-state index in [-0.39, 0.29) is 16.3 Å². The van der Waals surface area contributed by atoms with E-state index in [4.69, 9.17) is 21.1 Å². The summed E-state index contributed by atoms with van der Waals surface area (Å²) in [7, 11) is -0.980. The summed E-state index contributed by atoms with van der Waals surface area (Å²) < 4.78 is 39.1. The zero-order valence-corrected chi connectivity index (χ0v) is 16.8. The molecule has 0 spiro atoms. The Morgan fingerprint density at radius 3 is 2.30 bits per heavy atom. The van der Waals surface area contributed by atoms with E-state index in [9.17, 15) is 8.42 Å². The van der Waals surface area contributed by atoms with Gasteiger partial charge in [0.1, 0.15) is 16.4 Å². The van der Waals surface area contributed by atoms with Gasteiger partial charge in [0, 0.05) is 21.1 Å². The molecule has 2 aromatic carbocycles. The molecular weight excluding hydrogens is 473 g/mol. The topological polar surface area (TPSA) is 64.6 Å². The summed E-state index contributed by atoms with van der Waals surface area (Å²) in [6.45, 7) is 0. The summed E-state index contributed by atoms with van der Waals surface area (Å²) >= 11 is 12.5. The molecule has 0 heterocycles. The van der Waals surface area contributed by atoms with E-state index in [2.05, 4.69) is 36.6 Å². The first-order valence-electron chi connectivity index (χ1n) is 6.18. The molecule has 124 valence electrons. The highest BCUT2D eigenvalue weighted by Gasteiger charge is 2.21. The Labute approximate surface area is 156 Å². The van der Waals surface area contributed by atoms with E-state index in [0.29, 0.717) is 19.7 Å². The second-order valence-corrected chi connectivity index (χ2v) is 8.20. The lowest BCUT2D eigenvalue weighted by molar-refractivity contribution is 0.405. The van der Waals surface area contributed by atoms with Gasteiger partial charge in [-0.2, -0.15) is 0 Å². The molecule has 0 fully saturated rings. The lowest BCUT2D eigenvalue weighted by Crippen LogP contribution is -2.14. The third kappa shape index (κ3) is 4.12. The van der Waals surface area contributed by atoms with Gasteiger partial charge < -0.3 is 9.47 Å². The predicted octanol–water partition coefficient (Wildman–Crippen LogP) is 4.68. The fourth-order valence-electron chi connectivity index (χ4n) is 1.82. The van der Waals surface area contributed by atoms with Crippen LogP contribution in [0.25, 0.3) is 0 Å². The van der Waals surface area contributed by atoms with E-state index in [1.165, 1.54) is 32.4 Å². The second kappa shape index (κ2) is 7.29. The lowest BCUT2D eigenvalue weighted by atomic mass is 10.3. The third-order valence-electron chi connectivity index (χ3n) is 2.90. The van der Waals surface area contributed by atoms with E-state index in [1.807, 2.05) is 0 Å². The largest absolute Gasteiger partial charge is 0.495 e. The van der Waals surface area contributed by atoms with Gasteiger partial charge in [-0.15, -0.1) is 0 Å². The van der Waals surface area contributed by atoms with Gasteiger partial charge in [0.15, 0.2) is 0 Å². The average Bonchev–Trinajstić information content (AvgIpc) is 2.50. The molecule has 0 aliphatic rings. The van der Waals surface area contributed by atoms with Gasteiger partial charge in [0.2, 0.25) is 0 Å². The maximum Gasteiger partial charge on any atom is 0.263 e. The molecule has 0 saturated heterocycles. The first-order chi connectivity index (χ1) is 10.8.